The molecule has 0 spiro atoms. The smallest absolute Gasteiger partial charge is 0.161 e. The quantitative estimate of drug-likeness (QED) is 0.709. The highest BCUT2D eigenvalue weighted by molar-refractivity contribution is 5.39. The third-order valence-electron chi connectivity index (χ3n) is 3.94. The molecule has 1 aliphatic rings. The van der Waals surface area contributed by atoms with Crippen molar-refractivity contribution >= 4 is 0 Å². The molecule has 1 aliphatic heterocycles. The molecule has 0 aromatic heterocycles. The number of piperidine rings is 1. The highest BCUT2D eigenvalue weighted by Gasteiger charge is 2.17. The number of hydrogen-bond donors (Lipinski definition) is 0. The highest BCUT2D eigenvalue weighted by atomic mass is 16.5. The van der Waals surface area contributed by atoms with Crippen molar-refractivity contribution < 1.29 is 9.47 Å². The van der Waals surface area contributed by atoms with Crippen molar-refractivity contribution in [2.24, 2.45) is 0 Å². The Morgan fingerprint density at radius 2 is 1.90 bits per heavy atom. The van der Waals surface area contributed by atoms with Crippen LogP contribution in [0.3, 0.4) is 0 Å². The van der Waals surface area contributed by atoms with Crippen LogP contribution in [0.4, 0.5) is 0 Å². The van der Waals surface area contributed by atoms with Crippen LogP contribution in [-0.2, 0) is 0 Å². The second-order valence-corrected chi connectivity index (χ2v) is 5.46. The Bertz CT molecular complexity index is 394. The van der Waals surface area contributed by atoms with Gasteiger partial charge in [-0.1, -0.05) is 18.6 Å². The summed E-state index contributed by atoms with van der Waals surface area (Å²) in [5.41, 5.74) is 0. The van der Waals surface area contributed by atoms with Crippen LogP contribution in [0.2, 0.25) is 0 Å². The zero-order chi connectivity index (χ0) is 14.2. The summed E-state index contributed by atoms with van der Waals surface area (Å²) in [7, 11) is 0. The number of likely N-dealkylation sites (tertiary alicyclic amines) is 1. The number of benzene rings is 1. The van der Waals surface area contributed by atoms with E-state index in [0.29, 0.717) is 6.61 Å². The van der Waals surface area contributed by atoms with Gasteiger partial charge in [-0.25, -0.2) is 0 Å². The largest absolute Gasteiger partial charge is 0.490 e. The first-order valence-electron chi connectivity index (χ1n) is 7.90. The van der Waals surface area contributed by atoms with Crippen molar-refractivity contribution in [3.05, 3.63) is 24.3 Å². The maximum Gasteiger partial charge on any atom is 0.161 e. The van der Waals surface area contributed by atoms with E-state index in [2.05, 4.69) is 11.8 Å². The molecule has 2 rings (SSSR count). The van der Waals surface area contributed by atoms with Gasteiger partial charge < -0.3 is 14.4 Å². The van der Waals surface area contributed by atoms with Gasteiger partial charge in [0.1, 0.15) is 0 Å². The van der Waals surface area contributed by atoms with Crippen molar-refractivity contribution in [2.75, 3.05) is 26.3 Å². The van der Waals surface area contributed by atoms with Crippen molar-refractivity contribution in [3.8, 4) is 11.5 Å². The summed E-state index contributed by atoms with van der Waals surface area (Å²) in [5.74, 6) is 1.71. The van der Waals surface area contributed by atoms with E-state index in [9.17, 15) is 0 Å². The highest BCUT2D eigenvalue weighted by Crippen LogP contribution is 2.26. The molecule has 0 bridgehead atoms. The lowest BCUT2D eigenvalue weighted by molar-refractivity contribution is 0.148. The van der Waals surface area contributed by atoms with Gasteiger partial charge in [-0.2, -0.15) is 0 Å². The first-order chi connectivity index (χ1) is 9.81. The lowest BCUT2D eigenvalue weighted by Crippen LogP contribution is -2.38. The SMILES string of the molecule is CCOc1ccccc1OCCCN1CCCCC1C. The minimum absolute atomic E-state index is 0.672. The molecule has 3 heteroatoms. The summed E-state index contributed by atoms with van der Waals surface area (Å²) in [6.45, 7) is 8.15. The van der Waals surface area contributed by atoms with Crippen LogP contribution in [-0.4, -0.2) is 37.2 Å². The van der Waals surface area contributed by atoms with Crippen LogP contribution < -0.4 is 9.47 Å². The molecule has 1 fully saturated rings. The molecule has 0 aliphatic carbocycles. The lowest BCUT2D eigenvalue weighted by atomic mass is 10.0. The maximum atomic E-state index is 5.86. The van der Waals surface area contributed by atoms with E-state index in [4.69, 9.17) is 9.47 Å². The molecule has 112 valence electrons. The van der Waals surface area contributed by atoms with E-state index < -0.39 is 0 Å². The molecule has 0 saturated carbocycles. The molecule has 0 radical (unpaired) electrons. The Kier molecular flexibility index (Phi) is 6.19. The van der Waals surface area contributed by atoms with Gasteiger partial charge in [0.05, 0.1) is 13.2 Å². The first kappa shape index (κ1) is 15.2. The van der Waals surface area contributed by atoms with Gasteiger partial charge in [0.2, 0.25) is 0 Å². The topological polar surface area (TPSA) is 21.7 Å². The fraction of sp³-hybridized carbons (Fsp3) is 0.647. The van der Waals surface area contributed by atoms with Crippen LogP contribution >= 0.6 is 0 Å². The molecule has 1 atom stereocenters. The van der Waals surface area contributed by atoms with Crippen LogP contribution in [0.25, 0.3) is 0 Å². The normalized spacial score (nSPS) is 19.8. The summed E-state index contributed by atoms with van der Waals surface area (Å²) in [6, 6.07) is 8.65. The van der Waals surface area contributed by atoms with Gasteiger partial charge in [0.25, 0.3) is 0 Å². The van der Waals surface area contributed by atoms with Crippen LogP contribution in [0.15, 0.2) is 24.3 Å². The maximum absolute atomic E-state index is 5.86. The molecule has 3 nitrogen and oxygen atoms in total. The van der Waals surface area contributed by atoms with E-state index in [1.807, 2.05) is 31.2 Å². The predicted molar refractivity (Wildman–Crippen MR) is 82.6 cm³/mol. The monoisotopic (exact) mass is 277 g/mol. The third kappa shape index (κ3) is 4.41. The molecule has 1 saturated heterocycles. The molecule has 1 aromatic rings. The van der Waals surface area contributed by atoms with E-state index in [1.54, 1.807) is 0 Å². The van der Waals surface area contributed by atoms with E-state index in [0.717, 1.165) is 37.1 Å². The van der Waals surface area contributed by atoms with Gasteiger partial charge in [-0.15, -0.1) is 0 Å². The fourth-order valence-electron chi connectivity index (χ4n) is 2.78. The van der Waals surface area contributed by atoms with E-state index >= 15 is 0 Å². The molecule has 1 aromatic carbocycles. The summed E-state index contributed by atoms with van der Waals surface area (Å²) >= 11 is 0. The Morgan fingerprint density at radius 3 is 2.60 bits per heavy atom. The molecule has 0 N–H and O–H groups in total. The first-order valence-corrected chi connectivity index (χ1v) is 7.90. The Hall–Kier alpha value is -1.22. The molecule has 1 heterocycles. The van der Waals surface area contributed by atoms with Crippen molar-refractivity contribution in [3.63, 3.8) is 0 Å². The number of ether oxygens (including phenoxy) is 2. The summed E-state index contributed by atoms with van der Waals surface area (Å²) in [6.07, 6.45) is 5.15. The second kappa shape index (κ2) is 8.15. The molecule has 20 heavy (non-hydrogen) atoms. The lowest BCUT2D eigenvalue weighted by Gasteiger charge is -2.33. The van der Waals surface area contributed by atoms with Gasteiger partial charge in [0.15, 0.2) is 11.5 Å². The van der Waals surface area contributed by atoms with Gasteiger partial charge in [0, 0.05) is 12.6 Å². The summed E-state index contributed by atoms with van der Waals surface area (Å²) in [5, 5.41) is 0. The Morgan fingerprint density at radius 1 is 1.15 bits per heavy atom. The molecular weight excluding hydrogens is 250 g/mol. The molecular formula is C17H27NO2. The average Bonchev–Trinajstić information content (AvgIpc) is 2.47. The second-order valence-electron chi connectivity index (χ2n) is 5.46. The molecule has 0 amide bonds. The number of nitrogens with zero attached hydrogens (tertiary/aromatic N) is 1. The van der Waals surface area contributed by atoms with E-state index in [1.165, 1.54) is 25.8 Å². The summed E-state index contributed by atoms with van der Waals surface area (Å²) < 4.78 is 11.4. The van der Waals surface area contributed by atoms with Crippen LogP contribution in [0.1, 0.15) is 39.5 Å². The van der Waals surface area contributed by atoms with Crippen molar-refractivity contribution in [2.45, 2.75) is 45.6 Å². The van der Waals surface area contributed by atoms with Crippen LogP contribution in [0, 0.1) is 0 Å². The third-order valence-corrected chi connectivity index (χ3v) is 3.94. The van der Waals surface area contributed by atoms with Gasteiger partial charge in [-0.3, -0.25) is 0 Å². The average molecular weight is 277 g/mol. The Balaban J connectivity index is 1.73. The number of hydrogen-bond acceptors (Lipinski definition) is 3. The Labute approximate surface area is 122 Å². The fourth-order valence-corrected chi connectivity index (χ4v) is 2.78. The van der Waals surface area contributed by atoms with Crippen LogP contribution in [0.5, 0.6) is 11.5 Å². The zero-order valence-corrected chi connectivity index (χ0v) is 12.8. The van der Waals surface area contributed by atoms with Gasteiger partial charge >= 0.3 is 0 Å². The van der Waals surface area contributed by atoms with E-state index in [-0.39, 0.29) is 0 Å². The minimum Gasteiger partial charge on any atom is -0.490 e. The van der Waals surface area contributed by atoms with Gasteiger partial charge in [-0.05, 0) is 51.8 Å². The standard InChI is InChI=1S/C17H27NO2/c1-3-19-16-10-4-5-11-17(16)20-14-8-13-18-12-7-6-9-15(18)2/h4-5,10-11,15H,3,6-9,12-14H2,1-2H3. The molecule has 1 unspecified atom stereocenters. The summed E-state index contributed by atoms with van der Waals surface area (Å²) in [4.78, 5) is 2.58. The van der Waals surface area contributed by atoms with Crippen molar-refractivity contribution in [1.82, 2.24) is 4.90 Å². The predicted octanol–water partition coefficient (Wildman–Crippen LogP) is 3.73. The zero-order valence-electron chi connectivity index (χ0n) is 12.8. The number of para-hydroxylation sites is 2. The minimum atomic E-state index is 0.672. The van der Waals surface area contributed by atoms with Crippen molar-refractivity contribution in [1.29, 1.82) is 0 Å². The number of rotatable bonds is 7.